The predicted molar refractivity (Wildman–Crippen MR) is 132 cm³/mol. The van der Waals surface area contributed by atoms with Crippen LogP contribution in [0.5, 0.6) is 0 Å². The van der Waals surface area contributed by atoms with E-state index in [4.69, 9.17) is 0 Å². The first-order valence-electron chi connectivity index (χ1n) is 12.6. The van der Waals surface area contributed by atoms with Gasteiger partial charge >= 0.3 is 12.4 Å². The highest BCUT2D eigenvalue weighted by atomic mass is 32.2. The Bertz CT molecular complexity index is 1340. The average Bonchev–Trinajstić information content (AvgIpc) is 3.57. The van der Waals surface area contributed by atoms with Gasteiger partial charge in [0.1, 0.15) is 0 Å². The van der Waals surface area contributed by atoms with Crippen LogP contribution in [0.2, 0.25) is 0 Å². The van der Waals surface area contributed by atoms with E-state index in [9.17, 15) is 26.4 Å². The number of sulfonamides is 1. The van der Waals surface area contributed by atoms with E-state index in [1.165, 1.54) is 22.9 Å². The molecule has 0 bridgehead atoms. The maximum Gasteiger partial charge on any atom is 0.417 e. The largest absolute Gasteiger partial charge is 0.417 e. The van der Waals surface area contributed by atoms with Crippen molar-refractivity contribution in [2.45, 2.75) is 88.0 Å². The molecular formula is C26H29F6N3O3S. The van der Waals surface area contributed by atoms with E-state index in [1.54, 1.807) is 6.20 Å². The van der Waals surface area contributed by atoms with E-state index in [0.717, 1.165) is 18.2 Å². The van der Waals surface area contributed by atoms with Crippen LogP contribution in [0.1, 0.15) is 75.2 Å². The van der Waals surface area contributed by atoms with Crippen LogP contribution < -0.4 is 0 Å². The van der Waals surface area contributed by atoms with E-state index < -0.39 is 57.5 Å². The van der Waals surface area contributed by atoms with Crippen LogP contribution in [-0.2, 0) is 26.8 Å². The Morgan fingerprint density at radius 3 is 2.18 bits per heavy atom. The fourth-order valence-electron chi connectivity index (χ4n) is 4.81. The lowest BCUT2D eigenvalue weighted by atomic mass is 9.79. The van der Waals surface area contributed by atoms with Gasteiger partial charge in [-0.05, 0) is 68.7 Å². The zero-order valence-electron chi connectivity index (χ0n) is 21.4. The molecule has 1 saturated carbocycles. The fourth-order valence-corrected chi connectivity index (χ4v) is 6.85. The van der Waals surface area contributed by atoms with E-state index in [1.807, 2.05) is 13.8 Å². The minimum atomic E-state index is -5.20. The van der Waals surface area contributed by atoms with Gasteiger partial charge in [-0.1, -0.05) is 24.3 Å². The third-order valence-electron chi connectivity index (χ3n) is 7.03. The minimum Gasteiger partial charge on any atom is -0.270 e. The number of halogens is 6. The molecule has 6 nitrogen and oxygen atoms in total. The smallest absolute Gasteiger partial charge is 0.270 e. The van der Waals surface area contributed by atoms with Crippen molar-refractivity contribution < 1.29 is 39.6 Å². The molecule has 1 aromatic carbocycles. The number of carbonyl (C=O) groups is 1. The summed E-state index contributed by atoms with van der Waals surface area (Å²) in [6, 6.07) is 6.30. The summed E-state index contributed by atoms with van der Waals surface area (Å²) < 4.78 is 111. The van der Waals surface area contributed by atoms with Gasteiger partial charge in [-0.25, -0.2) is 12.7 Å². The molecule has 2 aromatic rings. The predicted octanol–water partition coefficient (Wildman–Crippen LogP) is 6.30. The number of unbranched alkanes of at least 4 members (excludes halogenated alkanes) is 1. The van der Waals surface area contributed by atoms with Crippen molar-refractivity contribution in [3.05, 3.63) is 59.4 Å². The summed E-state index contributed by atoms with van der Waals surface area (Å²) in [6.45, 7) is 3.65. The summed E-state index contributed by atoms with van der Waals surface area (Å²) in [6.07, 6.45) is -8.26. The summed E-state index contributed by atoms with van der Waals surface area (Å²) in [4.78, 5) is 13.3. The number of hydrogen-bond donors (Lipinski definition) is 0. The average molecular weight is 578 g/mol. The molecule has 2 heterocycles. The van der Waals surface area contributed by atoms with Crippen molar-refractivity contribution in [2.75, 3.05) is 0 Å². The highest BCUT2D eigenvalue weighted by molar-refractivity contribution is 7.90. The summed E-state index contributed by atoms with van der Waals surface area (Å²) in [5, 5.41) is 3.22. The molecule has 1 unspecified atom stereocenters. The molecule has 1 aliphatic carbocycles. The van der Waals surface area contributed by atoms with Crippen LogP contribution in [0, 0.1) is 0 Å². The summed E-state index contributed by atoms with van der Waals surface area (Å²) in [5.74, 6) is -1.30. The van der Waals surface area contributed by atoms with E-state index in [2.05, 4.69) is 5.10 Å². The quantitative estimate of drug-likeness (QED) is 0.259. The van der Waals surface area contributed by atoms with Gasteiger partial charge in [-0.3, -0.25) is 9.48 Å². The Hall–Kier alpha value is -2.83. The third-order valence-corrected chi connectivity index (χ3v) is 9.35. The number of alkyl halides is 6. The van der Waals surface area contributed by atoms with Gasteiger partial charge in [0.05, 0.1) is 10.9 Å². The topological polar surface area (TPSA) is 72.3 Å². The Labute approximate surface area is 222 Å². The number of aromatic nitrogens is 2. The highest BCUT2D eigenvalue weighted by Gasteiger charge is 2.67. The monoisotopic (exact) mass is 577 g/mol. The molecule has 1 fully saturated rings. The lowest BCUT2D eigenvalue weighted by molar-refractivity contribution is -0.221. The zero-order chi connectivity index (χ0) is 28.8. The second-order valence-electron chi connectivity index (χ2n) is 10.3. The van der Waals surface area contributed by atoms with Crippen molar-refractivity contribution in [1.82, 2.24) is 14.1 Å². The van der Waals surface area contributed by atoms with Gasteiger partial charge in [0.2, 0.25) is 10.0 Å². The highest BCUT2D eigenvalue weighted by Crippen LogP contribution is 2.54. The van der Waals surface area contributed by atoms with Gasteiger partial charge in [-0.2, -0.15) is 31.4 Å². The molecule has 1 aliphatic heterocycles. The third kappa shape index (κ3) is 5.87. The van der Waals surface area contributed by atoms with Crippen LogP contribution in [0.3, 0.4) is 0 Å². The molecule has 4 rings (SSSR count). The van der Waals surface area contributed by atoms with Gasteiger partial charge in [-0.15, -0.1) is 0 Å². The Balaban J connectivity index is 1.76. The van der Waals surface area contributed by atoms with Crippen molar-refractivity contribution in [1.29, 1.82) is 0 Å². The number of aryl methyl sites for hydroxylation is 1. The number of rotatable bonds is 9. The van der Waals surface area contributed by atoms with E-state index in [0.29, 0.717) is 5.56 Å². The Kier molecular flexibility index (Phi) is 7.69. The molecule has 214 valence electrons. The first-order valence-corrected chi connectivity index (χ1v) is 14.1. The molecule has 0 spiro atoms. The van der Waals surface area contributed by atoms with E-state index >= 15 is 13.2 Å². The first-order chi connectivity index (χ1) is 18.1. The number of benzene rings is 1. The van der Waals surface area contributed by atoms with Gasteiger partial charge < -0.3 is 0 Å². The normalized spacial score (nSPS) is 21.0. The number of hydrogen-bond acceptors (Lipinski definition) is 4. The number of nitrogens with zero attached hydrogens (tertiary/aromatic N) is 3. The number of amides is 1. The molecule has 1 atom stereocenters. The number of carbonyl (C=O) groups excluding carboxylic acids is 1. The standard InChI is InChI=1S/C26H29F6N3O3S/c1-17(2)34-14-12-22(33-34)19-15-23(36)35(39(37,38)21-10-11-21)24(16-19,26(30,31)32)20-8-6-18(7-9-20)5-3-4-13-25(27,28)29/h6-9,12,14-15,17,21H,3-5,10-11,13,16H2,1-2H3. The molecule has 39 heavy (non-hydrogen) atoms. The van der Waals surface area contributed by atoms with E-state index in [-0.39, 0.29) is 53.7 Å². The molecule has 1 amide bonds. The first kappa shape index (κ1) is 29.2. The summed E-state index contributed by atoms with van der Waals surface area (Å²) >= 11 is 0. The second-order valence-corrected chi connectivity index (χ2v) is 12.4. The van der Waals surface area contributed by atoms with Gasteiger partial charge in [0, 0.05) is 31.2 Å². The zero-order valence-corrected chi connectivity index (χ0v) is 22.2. The van der Waals surface area contributed by atoms with Crippen molar-refractivity contribution in [3.8, 4) is 0 Å². The van der Waals surface area contributed by atoms with Crippen molar-refractivity contribution in [2.24, 2.45) is 0 Å². The van der Waals surface area contributed by atoms with Crippen molar-refractivity contribution in [3.63, 3.8) is 0 Å². The van der Waals surface area contributed by atoms with Gasteiger partial charge in [0.15, 0.2) is 5.54 Å². The maximum absolute atomic E-state index is 15.2. The van der Waals surface area contributed by atoms with Crippen LogP contribution >= 0.6 is 0 Å². The second kappa shape index (κ2) is 10.3. The molecule has 0 saturated heterocycles. The molecule has 0 N–H and O–H groups in total. The Morgan fingerprint density at radius 2 is 1.67 bits per heavy atom. The molecule has 2 aliphatic rings. The lowest BCUT2D eigenvalue weighted by Gasteiger charge is -2.46. The molecular weight excluding hydrogens is 548 g/mol. The summed E-state index contributed by atoms with van der Waals surface area (Å²) in [5.41, 5.74) is -3.07. The molecule has 0 radical (unpaired) electrons. The van der Waals surface area contributed by atoms with Crippen LogP contribution in [0.4, 0.5) is 26.3 Å². The summed E-state index contributed by atoms with van der Waals surface area (Å²) in [7, 11) is -4.65. The van der Waals surface area contributed by atoms with Crippen LogP contribution in [-0.4, -0.2) is 46.0 Å². The van der Waals surface area contributed by atoms with Crippen LogP contribution in [0.25, 0.3) is 5.57 Å². The molecule has 13 heteroatoms. The Morgan fingerprint density at radius 1 is 1.03 bits per heavy atom. The maximum atomic E-state index is 15.2. The van der Waals surface area contributed by atoms with Crippen molar-refractivity contribution >= 4 is 21.5 Å². The SMILES string of the molecule is CC(C)n1ccc(C2=CC(=O)N(S(=O)(=O)C3CC3)C(c3ccc(CCCCC(F)(F)F)cc3)(C(F)(F)F)C2)n1. The fraction of sp³-hybridized carbons (Fsp3) is 0.538. The lowest BCUT2D eigenvalue weighted by Crippen LogP contribution is -2.62. The molecule has 1 aromatic heterocycles. The minimum absolute atomic E-state index is 0.00105. The van der Waals surface area contributed by atoms with Gasteiger partial charge in [0.25, 0.3) is 5.91 Å². The van der Waals surface area contributed by atoms with Crippen LogP contribution in [0.15, 0.2) is 42.6 Å².